The highest BCUT2D eigenvalue weighted by atomic mass is 16.6. The van der Waals surface area contributed by atoms with Crippen molar-refractivity contribution >= 4 is 17.9 Å². The van der Waals surface area contributed by atoms with E-state index in [4.69, 9.17) is 14.2 Å². The molecule has 2 atom stereocenters. The van der Waals surface area contributed by atoms with E-state index in [1.54, 1.807) is 0 Å². The number of carbonyl (C=O) groups excluding carboxylic acids is 2. The summed E-state index contributed by atoms with van der Waals surface area (Å²) in [5, 5.41) is 9.63. The highest BCUT2D eigenvalue weighted by molar-refractivity contribution is 5.72. The molecule has 60 heavy (non-hydrogen) atoms. The van der Waals surface area contributed by atoms with E-state index < -0.39 is 18.1 Å². The molecule has 8 heteroatoms. The molecule has 0 aliphatic heterocycles. The molecule has 0 saturated carbocycles. The molecule has 0 saturated heterocycles. The van der Waals surface area contributed by atoms with Gasteiger partial charge in [-0.15, -0.1) is 0 Å². The van der Waals surface area contributed by atoms with Gasteiger partial charge in [-0.1, -0.05) is 162 Å². The van der Waals surface area contributed by atoms with E-state index in [-0.39, 0.29) is 36.2 Å². The van der Waals surface area contributed by atoms with Crippen LogP contribution < -0.4 is 0 Å². The van der Waals surface area contributed by atoms with Gasteiger partial charge in [-0.3, -0.25) is 9.59 Å². The molecule has 8 nitrogen and oxygen atoms in total. The Balaban J connectivity index is 4.31. The zero-order valence-corrected chi connectivity index (χ0v) is 38.6. The van der Waals surface area contributed by atoms with E-state index in [0.29, 0.717) is 19.3 Å². The Morgan fingerprint density at radius 3 is 1.48 bits per heavy atom. The number of carboxylic acid groups (broad SMARTS) is 1. The van der Waals surface area contributed by atoms with Crippen LogP contribution in [-0.2, 0) is 28.6 Å². The van der Waals surface area contributed by atoms with Gasteiger partial charge in [-0.25, -0.2) is 4.79 Å². The quantitative estimate of drug-likeness (QED) is 0.0216. The van der Waals surface area contributed by atoms with Gasteiger partial charge in [0, 0.05) is 19.3 Å². The SMILES string of the molecule is CC/C=C/C=C/C=C/CCCCCCCC(=O)OC(COCCC(C(=O)O)[N+](C)(C)C)COC(=O)CCCCCCCCC/C=C/C/C=C/C/C=C/C/C=C/C/C=C/CC. The van der Waals surface area contributed by atoms with Crippen LogP contribution in [0.25, 0.3) is 0 Å². The zero-order valence-electron chi connectivity index (χ0n) is 38.6. The molecule has 2 unspecified atom stereocenters. The minimum Gasteiger partial charge on any atom is -0.477 e. The Labute approximate surface area is 366 Å². The van der Waals surface area contributed by atoms with Crippen molar-refractivity contribution in [2.24, 2.45) is 0 Å². The van der Waals surface area contributed by atoms with Crippen molar-refractivity contribution in [1.82, 2.24) is 0 Å². The summed E-state index contributed by atoms with van der Waals surface area (Å²) in [6.07, 6.45) is 56.0. The first-order chi connectivity index (χ1) is 29.1. The minimum atomic E-state index is -0.885. The van der Waals surface area contributed by atoms with Crippen molar-refractivity contribution in [2.75, 3.05) is 41.0 Å². The average Bonchev–Trinajstić information content (AvgIpc) is 3.21. The van der Waals surface area contributed by atoms with E-state index in [1.807, 2.05) is 27.2 Å². The van der Waals surface area contributed by atoms with Gasteiger partial charge in [0.05, 0.1) is 34.4 Å². The van der Waals surface area contributed by atoms with Crippen molar-refractivity contribution in [1.29, 1.82) is 0 Å². The highest BCUT2D eigenvalue weighted by Gasteiger charge is 2.31. The third-order valence-electron chi connectivity index (χ3n) is 9.79. The van der Waals surface area contributed by atoms with Crippen molar-refractivity contribution < 1.29 is 38.2 Å². The smallest absolute Gasteiger partial charge is 0.362 e. The van der Waals surface area contributed by atoms with Crippen LogP contribution in [0.4, 0.5) is 0 Å². The normalized spacial score (nSPS) is 13.8. The van der Waals surface area contributed by atoms with Gasteiger partial charge in [0.2, 0.25) is 0 Å². The van der Waals surface area contributed by atoms with Crippen LogP contribution in [0.15, 0.2) is 97.2 Å². The van der Waals surface area contributed by atoms with Crippen LogP contribution in [0.5, 0.6) is 0 Å². The molecule has 0 aromatic heterocycles. The Morgan fingerprint density at radius 2 is 0.967 bits per heavy atom. The van der Waals surface area contributed by atoms with Crippen LogP contribution >= 0.6 is 0 Å². The number of hydrogen-bond donors (Lipinski definition) is 1. The Kier molecular flexibility index (Phi) is 39.3. The van der Waals surface area contributed by atoms with E-state index in [1.165, 1.54) is 25.7 Å². The summed E-state index contributed by atoms with van der Waals surface area (Å²) < 4.78 is 17.3. The van der Waals surface area contributed by atoms with Crippen LogP contribution in [-0.4, -0.2) is 80.6 Å². The summed E-state index contributed by atoms with van der Waals surface area (Å²) in [4.78, 5) is 37.0. The van der Waals surface area contributed by atoms with Crippen molar-refractivity contribution in [3.8, 4) is 0 Å². The number of rotatable bonds is 40. The molecule has 0 rings (SSSR count). The average molecular weight is 837 g/mol. The number of ether oxygens (including phenoxy) is 3. The van der Waals surface area contributed by atoms with Crippen molar-refractivity contribution in [3.63, 3.8) is 0 Å². The topological polar surface area (TPSA) is 99.1 Å². The highest BCUT2D eigenvalue weighted by Crippen LogP contribution is 2.13. The second-order valence-corrected chi connectivity index (χ2v) is 16.3. The Bertz CT molecular complexity index is 1300. The fraction of sp³-hybridized carbons (Fsp3) is 0.635. The maximum absolute atomic E-state index is 12.7. The lowest BCUT2D eigenvalue weighted by atomic mass is 10.1. The first-order valence-electron chi connectivity index (χ1n) is 23.3. The molecule has 0 spiro atoms. The van der Waals surface area contributed by atoms with Crippen molar-refractivity contribution in [3.05, 3.63) is 97.2 Å². The first kappa shape index (κ1) is 56.2. The lowest BCUT2D eigenvalue weighted by Gasteiger charge is -2.31. The number of nitrogens with zero attached hydrogens (tertiary/aromatic N) is 1. The second-order valence-electron chi connectivity index (χ2n) is 16.3. The lowest BCUT2D eigenvalue weighted by Crippen LogP contribution is -2.50. The number of esters is 2. The number of hydrogen-bond acceptors (Lipinski definition) is 6. The molecule has 0 aromatic carbocycles. The maximum atomic E-state index is 12.7. The van der Waals surface area contributed by atoms with E-state index in [0.717, 1.165) is 103 Å². The largest absolute Gasteiger partial charge is 0.477 e. The molecule has 0 aromatic rings. The van der Waals surface area contributed by atoms with Gasteiger partial charge >= 0.3 is 17.9 Å². The van der Waals surface area contributed by atoms with Crippen LogP contribution in [0.3, 0.4) is 0 Å². The monoisotopic (exact) mass is 837 g/mol. The summed E-state index contributed by atoms with van der Waals surface area (Å²) in [7, 11) is 5.50. The van der Waals surface area contributed by atoms with Crippen LogP contribution in [0, 0.1) is 0 Å². The molecule has 0 bridgehead atoms. The molecule has 0 radical (unpaired) electrons. The standard InChI is InChI=1S/C52H85NO7/c1-6-8-10-12-14-16-18-20-21-22-23-24-25-26-27-28-29-31-32-34-36-38-40-42-50(54)59-47-48(46-58-45-44-49(52(56)57)53(3,4)5)60-51(55)43-41-39-37-35-33-30-19-17-15-13-11-9-7-2/h8-11,13-17,19-21,23-24,26-27,48-49H,6-7,12,18,22,25,28-47H2,1-5H3/p+1/b10-8+,11-9+,15-13+,16-14+,19-17+,21-20+,24-23+,27-26+. The zero-order chi connectivity index (χ0) is 44.2. The third-order valence-corrected chi connectivity index (χ3v) is 9.79. The fourth-order valence-corrected chi connectivity index (χ4v) is 6.23. The molecule has 0 heterocycles. The molecule has 1 N–H and O–H groups in total. The summed E-state index contributed by atoms with van der Waals surface area (Å²) in [6.45, 7) is 4.44. The molecule has 0 aliphatic rings. The lowest BCUT2D eigenvalue weighted by molar-refractivity contribution is -0.887. The summed E-state index contributed by atoms with van der Waals surface area (Å²) in [6, 6.07) is -0.626. The van der Waals surface area contributed by atoms with Crippen LogP contribution in [0.2, 0.25) is 0 Å². The molecular formula is C52H86NO7+. The predicted molar refractivity (Wildman–Crippen MR) is 252 cm³/mol. The number of unbranched alkanes of at least 4 members (excludes halogenated alkanes) is 12. The Hall–Kier alpha value is -3.75. The van der Waals surface area contributed by atoms with Gasteiger partial charge in [-0.2, -0.15) is 0 Å². The van der Waals surface area contributed by atoms with Gasteiger partial charge in [-0.05, 0) is 77.0 Å². The number of allylic oxidation sites excluding steroid dienone is 16. The van der Waals surface area contributed by atoms with Gasteiger partial charge in [0.25, 0.3) is 0 Å². The van der Waals surface area contributed by atoms with E-state index >= 15 is 0 Å². The second kappa shape index (κ2) is 42.0. The first-order valence-corrected chi connectivity index (χ1v) is 23.3. The van der Waals surface area contributed by atoms with E-state index in [2.05, 4.69) is 105 Å². The van der Waals surface area contributed by atoms with Gasteiger partial charge in [0.15, 0.2) is 12.1 Å². The summed E-state index contributed by atoms with van der Waals surface area (Å²) >= 11 is 0. The fourth-order valence-electron chi connectivity index (χ4n) is 6.23. The Morgan fingerprint density at radius 1 is 0.517 bits per heavy atom. The molecule has 0 amide bonds. The summed E-state index contributed by atoms with van der Waals surface area (Å²) in [5.74, 6) is -1.52. The van der Waals surface area contributed by atoms with Crippen molar-refractivity contribution in [2.45, 2.75) is 174 Å². The number of aliphatic carboxylic acids is 1. The number of likely N-dealkylation sites (N-methyl/N-ethyl adjacent to an activating group) is 1. The summed E-state index contributed by atoms with van der Waals surface area (Å²) in [5.41, 5.74) is 0. The molecule has 340 valence electrons. The third kappa shape index (κ3) is 39.7. The van der Waals surface area contributed by atoms with Crippen LogP contribution in [0.1, 0.15) is 162 Å². The number of quaternary nitrogens is 1. The van der Waals surface area contributed by atoms with Gasteiger partial charge in [0.1, 0.15) is 6.61 Å². The van der Waals surface area contributed by atoms with E-state index in [9.17, 15) is 19.5 Å². The number of carboxylic acids is 1. The van der Waals surface area contributed by atoms with Gasteiger partial charge < -0.3 is 23.8 Å². The minimum absolute atomic E-state index is 0.0428. The number of carbonyl (C=O) groups is 3. The molecule has 0 fully saturated rings. The molecular weight excluding hydrogens is 751 g/mol. The maximum Gasteiger partial charge on any atom is 0.362 e. The molecule has 0 aliphatic carbocycles. The predicted octanol–water partition coefficient (Wildman–Crippen LogP) is 13.1.